The van der Waals surface area contributed by atoms with Gasteiger partial charge in [-0.3, -0.25) is 9.69 Å². The largest absolute Gasteiger partial charge is 0.376 e. The third-order valence-electron chi connectivity index (χ3n) is 3.84. The van der Waals surface area contributed by atoms with Crippen LogP contribution in [0.25, 0.3) is 0 Å². The summed E-state index contributed by atoms with van der Waals surface area (Å²) in [5, 5.41) is 3.26. The quantitative estimate of drug-likeness (QED) is 0.901. The molecule has 1 saturated heterocycles. The molecule has 1 fully saturated rings. The average Bonchev–Trinajstić information content (AvgIpc) is 2.44. The van der Waals surface area contributed by atoms with Gasteiger partial charge in [-0.1, -0.05) is 18.2 Å². The maximum absolute atomic E-state index is 11.7. The Kier molecular flexibility index (Phi) is 5.80. The van der Waals surface area contributed by atoms with Gasteiger partial charge in [0.15, 0.2) is 0 Å². The van der Waals surface area contributed by atoms with E-state index < -0.39 is 0 Å². The highest BCUT2D eigenvalue weighted by Crippen LogP contribution is 2.20. The summed E-state index contributed by atoms with van der Waals surface area (Å²) in [5.41, 5.74) is 2.25. The van der Waals surface area contributed by atoms with Crippen LogP contribution in [0.1, 0.15) is 19.4 Å². The van der Waals surface area contributed by atoms with E-state index in [1.165, 1.54) is 5.56 Å². The summed E-state index contributed by atoms with van der Waals surface area (Å²) >= 11 is 0. The fourth-order valence-electron chi connectivity index (χ4n) is 2.81. The van der Waals surface area contributed by atoms with Crippen molar-refractivity contribution >= 4 is 11.6 Å². The maximum Gasteiger partial charge on any atom is 0.241 e. The van der Waals surface area contributed by atoms with Crippen LogP contribution in [0.2, 0.25) is 0 Å². The smallest absolute Gasteiger partial charge is 0.241 e. The van der Waals surface area contributed by atoms with Crippen molar-refractivity contribution < 1.29 is 9.53 Å². The van der Waals surface area contributed by atoms with E-state index in [1.54, 1.807) is 19.0 Å². The third-order valence-corrected chi connectivity index (χ3v) is 3.84. The predicted molar refractivity (Wildman–Crippen MR) is 88.9 cm³/mol. The first-order chi connectivity index (χ1) is 10.5. The number of likely N-dealkylation sites (N-methyl/N-ethyl adjacent to an activating group) is 1. The number of para-hydroxylation sites is 1. The van der Waals surface area contributed by atoms with Crippen LogP contribution in [0.5, 0.6) is 0 Å². The second-order valence-electron chi connectivity index (χ2n) is 6.25. The lowest BCUT2D eigenvalue weighted by atomic mass is 10.1. The zero-order valence-electron chi connectivity index (χ0n) is 14.0. The molecular weight excluding hydrogens is 278 g/mol. The molecule has 2 atom stereocenters. The van der Waals surface area contributed by atoms with E-state index >= 15 is 0 Å². The number of morpholine rings is 1. The van der Waals surface area contributed by atoms with Gasteiger partial charge in [-0.25, -0.2) is 0 Å². The summed E-state index contributed by atoms with van der Waals surface area (Å²) in [6.45, 7) is 7.30. The van der Waals surface area contributed by atoms with Gasteiger partial charge < -0.3 is 15.0 Å². The summed E-state index contributed by atoms with van der Waals surface area (Å²) in [5.74, 6) is 0.0726. The summed E-state index contributed by atoms with van der Waals surface area (Å²) in [4.78, 5) is 15.7. The molecule has 1 N–H and O–H groups in total. The zero-order chi connectivity index (χ0) is 16.1. The van der Waals surface area contributed by atoms with E-state index in [-0.39, 0.29) is 18.1 Å². The molecule has 0 saturated carbocycles. The van der Waals surface area contributed by atoms with Crippen molar-refractivity contribution in [1.82, 2.24) is 9.80 Å². The first kappa shape index (κ1) is 16.8. The number of carbonyl (C=O) groups is 1. The van der Waals surface area contributed by atoms with Crippen molar-refractivity contribution in [2.45, 2.75) is 32.6 Å². The van der Waals surface area contributed by atoms with Crippen molar-refractivity contribution in [2.75, 3.05) is 39.0 Å². The SMILES string of the molecule is C[C@@H]1CN(Cc2ccccc2NCC(=O)N(C)C)C[C@H](C)O1. The Morgan fingerprint density at radius 2 is 1.91 bits per heavy atom. The lowest BCUT2D eigenvalue weighted by Gasteiger charge is -2.35. The molecular formula is C17H27N3O2. The van der Waals surface area contributed by atoms with E-state index in [4.69, 9.17) is 4.74 Å². The van der Waals surface area contributed by atoms with E-state index in [9.17, 15) is 4.79 Å². The molecule has 122 valence electrons. The second-order valence-corrected chi connectivity index (χ2v) is 6.25. The number of ether oxygens (including phenoxy) is 1. The molecule has 1 aromatic rings. The molecule has 1 aliphatic rings. The van der Waals surface area contributed by atoms with E-state index in [0.717, 1.165) is 25.3 Å². The van der Waals surface area contributed by atoms with Crippen LogP contribution < -0.4 is 5.32 Å². The molecule has 1 amide bonds. The van der Waals surface area contributed by atoms with Gasteiger partial charge in [-0.2, -0.15) is 0 Å². The van der Waals surface area contributed by atoms with Gasteiger partial charge in [0.05, 0.1) is 18.8 Å². The molecule has 1 aliphatic heterocycles. The lowest BCUT2D eigenvalue weighted by Crippen LogP contribution is -2.44. The van der Waals surface area contributed by atoms with Crippen molar-refractivity contribution in [3.63, 3.8) is 0 Å². The van der Waals surface area contributed by atoms with Crippen molar-refractivity contribution in [3.05, 3.63) is 29.8 Å². The Morgan fingerprint density at radius 1 is 1.27 bits per heavy atom. The highest BCUT2D eigenvalue weighted by atomic mass is 16.5. The Hall–Kier alpha value is -1.59. The topological polar surface area (TPSA) is 44.8 Å². The minimum absolute atomic E-state index is 0.0726. The summed E-state index contributed by atoms with van der Waals surface area (Å²) in [7, 11) is 3.54. The normalized spacial score (nSPS) is 22.4. The average molecular weight is 305 g/mol. The van der Waals surface area contributed by atoms with Crippen LogP contribution in [-0.2, 0) is 16.1 Å². The molecule has 0 unspecified atom stereocenters. The Balaban J connectivity index is 2.00. The Bertz CT molecular complexity index is 494. The number of hydrogen-bond donors (Lipinski definition) is 1. The highest BCUT2D eigenvalue weighted by Gasteiger charge is 2.22. The van der Waals surface area contributed by atoms with Crippen LogP contribution in [0.3, 0.4) is 0 Å². The number of rotatable bonds is 5. The lowest BCUT2D eigenvalue weighted by molar-refractivity contribution is -0.126. The minimum Gasteiger partial charge on any atom is -0.376 e. The fourth-order valence-corrected chi connectivity index (χ4v) is 2.81. The van der Waals surface area contributed by atoms with Crippen LogP contribution >= 0.6 is 0 Å². The zero-order valence-corrected chi connectivity index (χ0v) is 14.0. The summed E-state index contributed by atoms with van der Waals surface area (Å²) < 4.78 is 5.78. The van der Waals surface area contributed by atoms with E-state index in [1.807, 2.05) is 18.2 Å². The van der Waals surface area contributed by atoms with E-state index in [2.05, 4.69) is 30.1 Å². The molecule has 1 heterocycles. The fraction of sp³-hybridized carbons (Fsp3) is 0.588. The van der Waals surface area contributed by atoms with Crippen LogP contribution in [-0.4, -0.2) is 61.6 Å². The third kappa shape index (κ3) is 4.71. The standard InChI is InChI=1S/C17H27N3O2/c1-13-10-20(11-14(2)22-13)12-15-7-5-6-8-16(15)18-9-17(21)19(3)4/h5-8,13-14,18H,9-12H2,1-4H3/t13-,14+. The monoisotopic (exact) mass is 305 g/mol. The molecule has 0 aliphatic carbocycles. The summed E-state index contributed by atoms with van der Waals surface area (Å²) in [6.07, 6.45) is 0.526. The number of carbonyl (C=O) groups excluding carboxylic acids is 1. The molecule has 1 aromatic carbocycles. The van der Waals surface area contributed by atoms with Gasteiger partial charge in [0.25, 0.3) is 0 Å². The number of hydrogen-bond acceptors (Lipinski definition) is 4. The highest BCUT2D eigenvalue weighted by molar-refractivity contribution is 5.80. The number of benzene rings is 1. The van der Waals surface area contributed by atoms with Gasteiger partial charge in [-0.15, -0.1) is 0 Å². The van der Waals surface area contributed by atoms with Gasteiger partial charge in [0, 0.05) is 39.4 Å². The molecule has 22 heavy (non-hydrogen) atoms. The van der Waals surface area contributed by atoms with E-state index in [0.29, 0.717) is 6.54 Å². The minimum atomic E-state index is 0.0726. The number of nitrogens with zero attached hydrogens (tertiary/aromatic N) is 2. The van der Waals surface area contributed by atoms with Gasteiger partial charge >= 0.3 is 0 Å². The molecule has 2 rings (SSSR count). The van der Waals surface area contributed by atoms with Crippen molar-refractivity contribution in [1.29, 1.82) is 0 Å². The molecule has 0 bridgehead atoms. The van der Waals surface area contributed by atoms with Crippen LogP contribution in [0, 0.1) is 0 Å². The number of anilines is 1. The summed E-state index contributed by atoms with van der Waals surface area (Å²) in [6, 6.07) is 8.19. The van der Waals surface area contributed by atoms with Gasteiger partial charge in [0.2, 0.25) is 5.91 Å². The molecule has 5 heteroatoms. The van der Waals surface area contributed by atoms with Gasteiger partial charge in [0.1, 0.15) is 0 Å². The number of amides is 1. The second kappa shape index (κ2) is 7.61. The number of nitrogens with one attached hydrogen (secondary N) is 1. The van der Waals surface area contributed by atoms with Crippen LogP contribution in [0.4, 0.5) is 5.69 Å². The maximum atomic E-state index is 11.7. The van der Waals surface area contributed by atoms with Gasteiger partial charge in [-0.05, 0) is 25.5 Å². The molecule has 5 nitrogen and oxygen atoms in total. The Labute approximate surface area is 133 Å². The Morgan fingerprint density at radius 3 is 2.55 bits per heavy atom. The molecule has 0 radical (unpaired) electrons. The predicted octanol–water partition coefficient (Wildman–Crippen LogP) is 1.80. The molecule has 0 aromatic heterocycles. The first-order valence-electron chi connectivity index (χ1n) is 7.85. The van der Waals surface area contributed by atoms with Crippen LogP contribution in [0.15, 0.2) is 24.3 Å². The molecule has 0 spiro atoms. The van der Waals surface area contributed by atoms with Crippen molar-refractivity contribution in [2.24, 2.45) is 0 Å². The first-order valence-corrected chi connectivity index (χ1v) is 7.85. The van der Waals surface area contributed by atoms with Crippen molar-refractivity contribution in [3.8, 4) is 0 Å².